The zero-order chi connectivity index (χ0) is 15.0. The predicted octanol–water partition coefficient (Wildman–Crippen LogP) is 2.17. The quantitative estimate of drug-likeness (QED) is 0.859. The second-order valence-electron chi connectivity index (χ2n) is 6.98. The summed E-state index contributed by atoms with van der Waals surface area (Å²) in [7, 11) is 0. The van der Waals surface area contributed by atoms with Crippen LogP contribution in [0.25, 0.3) is 0 Å². The fraction of sp³-hybridized carbons (Fsp3) is 0.938. The van der Waals surface area contributed by atoms with E-state index in [9.17, 15) is 4.79 Å². The highest BCUT2D eigenvalue weighted by atomic mass is 16.5. The van der Waals surface area contributed by atoms with Crippen molar-refractivity contribution >= 4 is 5.91 Å². The highest BCUT2D eigenvalue weighted by Crippen LogP contribution is 2.50. The van der Waals surface area contributed by atoms with Gasteiger partial charge < -0.3 is 15.4 Å². The highest BCUT2D eigenvalue weighted by molar-refractivity contribution is 5.89. The van der Waals surface area contributed by atoms with Gasteiger partial charge in [0.05, 0.1) is 6.10 Å². The van der Waals surface area contributed by atoms with E-state index in [1.807, 2.05) is 11.8 Å². The molecule has 1 saturated carbocycles. The van der Waals surface area contributed by atoms with E-state index in [0.717, 1.165) is 31.8 Å². The van der Waals surface area contributed by atoms with Gasteiger partial charge in [-0.25, -0.2) is 0 Å². The van der Waals surface area contributed by atoms with Gasteiger partial charge in [0.1, 0.15) is 5.54 Å². The lowest BCUT2D eigenvalue weighted by molar-refractivity contribution is -0.180. The summed E-state index contributed by atoms with van der Waals surface area (Å²) in [6.07, 6.45) is 4.21. The molecule has 1 aliphatic heterocycles. The Bertz CT molecular complexity index is 361. The Labute approximate surface area is 123 Å². The molecule has 0 aromatic rings. The van der Waals surface area contributed by atoms with Gasteiger partial charge in [0.2, 0.25) is 5.91 Å². The number of hydrogen-bond donors (Lipinski definition) is 1. The van der Waals surface area contributed by atoms with Crippen LogP contribution in [0.4, 0.5) is 0 Å². The standard InChI is InChI=1S/C16H30N2O2/c1-5-12-7-9-18(10-8-12)14(19)16(17)11-13(20-6-2)15(16,3)4/h12-13H,5-11,17H2,1-4H3. The lowest BCUT2D eigenvalue weighted by Crippen LogP contribution is -2.76. The number of likely N-dealkylation sites (tertiary alicyclic amines) is 1. The monoisotopic (exact) mass is 282 g/mol. The van der Waals surface area contributed by atoms with Crippen LogP contribution in [0.5, 0.6) is 0 Å². The van der Waals surface area contributed by atoms with Crippen LogP contribution in [0.3, 0.4) is 0 Å². The molecule has 2 rings (SSSR count). The van der Waals surface area contributed by atoms with Crippen molar-refractivity contribution in [3.05, 3.63) is 0 Å². The minimum Gasteiger partial charge on any atom is -0.378 e. The van der Waals surface area contributed by atoms with Crippen molar-refractivity contribution in [2.45, 2.75) is 65.0 Å². The van der Waals surface area contributed by atoms with Gasteiger partial charge in [-0.15, -0.1) is 0 Å². The highest BCUT2D eigenvalue weighted by Gasteiger charge is 2.63. The molecule has 2 aliphatic rings. The maximum absolute atomic E-state index is 12.8. The number of carbonyl (C=O) groups is 1. The first-order valence-corrected chi connectivity index (χ1v) is 8.06. The summed E-state index contributed by atoms with van der Waals surface area (Å²) in [5.74, 6) is 0.909. The molecule has 0 bridgehead atoms. The fourth-order valence-electron chi connectivity index (χ4n) is 3.62. The Morgan fingerprint density at radius 1 is 1.30 bits per heavy atom. The van der Waals surface area contributed by atoms with Gasteiger partial charge in [0.25, 0.3) is 0 Å². The van der Waals surface area contributed by atoms with Gasteiger partial charge >= 0.3 is 0 Å². The molecule has 4 heteroatoms. The Morgan fingerprint density at radius 2 is 1.90 bits per heavy atom. The molecule has 2 unspecified atom stereocenters. The van der Waals surface area contributed by atoms with E-state index in [0.29, 0.717) is 13.0 Å². The Morgan fingerprint density at radius 3 is 2.35 bits per heavy atom. The van der Waals surface area contributed by atoms with Crippen LogP contribution in [-0.4, -0.2) is 42.1 Å². The van der Waals surface area contributed by atoms with Crippen LogP contribution in [0, 0.1) is 11.3 Å². The molecule has 2 N–H and O–H groups in total. The van der Waals surface area contributed by atoms with Crippen LogP contribution < -0.4 is 5.73 Å². The third kappa shape index (κ3) is 2.37. The minimum absolute atomic E-state index is 0.106. The van der Waals surface area contributed by atoms with E-state index in [2.05, 4.69) is 20.8 Å². The van der Waals surface area contributed by atoms with E-state index >= 15 is 0 Å². The van der Waals surface area contributed by atoms with E-state index in [4.69, 9.17) is 10.5 Å². The van der Waals surface area contributed by atoms with Crippen molar-refractivity contribution in [1.29, 1.82) is 0 Å². The number of carbonyl (C=O) groups excluding carboxylic acids is 1. The summed E-state index contributed by atoms with van der Waals surface area (Å²) in [4.78, 5) is 14.8. The molecule has 1 aliphatic carbocycles. The topological polar surface area (TPSA) is 55.6 Å². The van der Waals surface area contributed by atoms with Gasteiger partial charge in [-0.05, 0) is 25.7 Å². The molecule has 0 radical (unpaired) electrons. The second kappa shape index (κ2) is 5.64. The fourth-order valence-corrected chi connectivity index (χ4v) is 3.62. The van der Waals surface area contributed by atoms with Crippen LogP contribution in [0.1, 0.15) is 53.4 Å². The van der Waals surface area contributed by atoms with E-state index < -0.39 is 5.54 Å². The molecular formula is C16H30N2O2. The van der Waals surface area contributed by atoms with Gasteiger partial charge in [0.15, 0.2) is 0 Å². The van der Waals surface area contributed by atoms with Crippen LogP contribution >= 0.6 is 0 Å². The lowest BCUT2D eigenvalue weighted by Gasteiger charge is -2.59. The van der Waals surface area contributed by atoms with Gasteiger partial charge in [-0.3, -0.25) is 4.79 Å². The molecule has 4 nitrogen and oxygen atoms in total. The van der Waals surface area contributed by atoms with Crippen LogP contribution in [-0.2, 0) is 9.53 Å². The van der Waals surface area contributed by atoms with Gasteiger partial charge in [-0.2, -0.15) is 0 Å². The molecule has 1 saturated heterocycles. The van der Waals surface area contributed by atoms with E-state index in [1.54, 1.807) is 0 Å². The molecule has 20 heavy (non-hydrogen) atoms. The van der Waals surface area contributed by atoms with Gasteiger partial charge in [0, 0.05) is 31.5 Å². The number of nitrogens with two attached hydrogens (primary N) is 1. The lowest BCUT2D eigenvalue weighted by atomic mass is 9.54. The molecule has 1 amide bonds. The Kier molecular flexibility index (Phi) is 4.45. The summed E-state index contributed by atoms with van der Waals surface area (Å²) < 4.78 is 5.71. The molecule has 0 aromatic carbocycles. The number of amides is 1. The first-order valence-electron chi connectivity index (χ1n) is 8.06. The van der Waals surface area contributed by atoms with Crippen molar-refractivity contribution in [3.63, 3.8) is 0 Å². The first kappa shape index (κ1) is 15.8. The number of rotatable bonds is 4. The van der Waals surface area contributed by atoms with Gasteiger partial charge in [-0.1, -0.05) is 27.2 Å². The average molecular weight is 282 g/mol. The van der Waals surface area contributed by atoms with Crippen molar-refractivity contribution in [2.24, 2.45) is 17.1 Å². The molecule has 116 valence electrons. The zero-order valence-corrected chi connectivity index (χ0v) is 13.4. The van der Waals surface area contributed by atoms with E-state index in [1.165, 1.54) is 6.42 Å². The average Bonchev–Trinajstić information content (AvgIpc) is 2.46. The Hall–Kier alpha value is -0.610. The summed E-state index contributed by atoms with van der Waals surface area (Å²) >= 11 is 0. The summed E-state index contributed by atoms with van der Waals surface area (Å²) in [5, 5.41) is 0. The van der Waals surface area contributed by atoms with Crippen LogP contribution in [0.2, 0.25) is 0 Å². The first-order chi connectivity index (χ1) is 9.36. The normalized spacial score (nSPS) is 33.9. The predicted molar refractivity (Wildman–Crippen MR) is 80.3 cm³/mol. The van der Waals surface area contributed by atoms with Crippen molar-refractivity contribution < 1.29 is 9.53 Å². The largest absolute Gasteiger partial charge is 0.378 e. The zero-order valence-electron chi connectivity index (χ0n) is 13.4. The van der Waals surface area contributed by atoms with E-state index in [-0.39, 0.29) is 17.4 Å². The maximum atomic E-state index is 12.8. The summed E-state index contributed by atoms with van der Waals surface area (Å²) in [5.41, 5.74) is 5.45. The molecule has 0 aromatic heterocycles. The second-order valence-corrected chi connectivity index (χ2v) is 6.98. The van der Waals surface area contributed by atoms with Crippen LogP contribution in [0.15, 0.2) is 0 Å². The molecule has 1 heterocycles. The number of piperidine rings is 1. The molecule has 0 spiro atoms. The summed E-state index contributed by atoms with van der Waals surface area (Å²) in [6.45, 7) is 10.8. The number of nitrogens with zero attached hydrogens (tertiary/aromatic N) is 1. The third-order valence-corrected chi connectivity index (χ3v) is 5.69. The number of hydrogen-bond acceptors (Lipinski definition) is 3. The molecule has 2 atom stereocenters. The Balaban J connectivity index is 1.99. The number of ether oxygens (including phenoxy) is 1. The smallest absolute Gasteiger partial charge is 0.243 e. The minimum atomic E-state index is -0.744. The maximum Gasteiger partial charge on any atom is 0.243 e. The summed E-state index contributed by atoms with van der Waals surface area (Å²) in [6, 6.07) is 0. The molecule has 2 fully saturated rings. The third-order valence-electron chi connectivity index (χ3n) is 5.69. The van der Waals surface area contributed by atoms with Crippen molar-refractivity contribution in [2.75, 3.05) is 19.7 Å². The SMILES string of the molecule is CCOC1CC(N)(C(=O)N2CCC(CC)CC2)C1(C)C. The van der Waals surface area contributed by atoms with Crippen molar-refractivity contribution in [3.8, 4) is 0 Å². The molecular weight excluding hydrogens is 252 g/mol. The van der Waals surface area contributed by atoms with Crippen molar-refractivity contribution in [1.82, 2.24) is 4.90 Å².